The van der Waals surface area contributed by atoms with Crippen molar-refractivity contribution in [1.82, 2.24) is 10.2 Å². The molecular weight excluding hydrogens is 224 g/mol. The van der Waals surface area contributed by atoms with E-state index in [-0.39, 0.29) is 0 Å². The number of hydrogen-bond acceptors (Lipinski definition) is 3. The van der Waals surface area contributed by atoms with Gasteiger partial charge in [0.15, 0.2) is 0 Å². The van der Waals surface area contributed by atoms with Crippen molar-refractivity contribution < 1.29 is 4.74 Å². The predicted octanol–water partition coefficient (Wildman–Crippen LogP) is 1.67. The van der Waals surface area contributed by atoms with Crippen LogP contribution in [0.5, 0.6) is 5.75 Å². The maximum absolute atomic E-state index is 6.04. The maximum atomic E-state index is 6.04. The molecule has 0 spiro atoms. The van der Waals surface area contributed by atoms with Gasteiger partial charge in [-0.2, -0.15) is 0 Å². The highest BCUT2D eigenvalue weighted by Gasteiger charge is 2.28. The lowest BCUT2D eigenvalue weighted by Crippen LogP contribution is -2.42. The zero-order chi connectivity index (χ0) is 12.4. The van der Waals surface area contributed by atoms with Gasteiger partial charge in [-0.15, -0.1) is 0 Å². The highest BCUT2D eigenvalue weighted by atomic mass is 16.5. The molecule has 2 aliphatic rings. The third-order valence-electron chi connectivity index (χ3n) is 4.11. The zero-order valence-electron chi connectivity index (χ0n) is 11.1. The molecule has 0 aliphatic carbocycles. The second kappa shape index (κ2) is 5.29. The van der Waals surface area contributed by atoms with E-state index >= 15 is 0 Å². The number of likely N-dealkylation sites (N-methyl/N-ethyl adjacent to an activating group) is 1. The van der Waals surface area contributed by atoms with E-state index < -0.39 is 0 Å². The molecule has 3 nitrogen and oxygen atoms in total. The van der Waals surface area contributed by atoms with Gasteiger partial charge in [0.25, 0.3) is 0 Å². The van der Waals surface area contributed by atoms with Gasteiger partial charge in [0.05, 0.1) is 0 Å². The Kier molecular flexibility index (Phi) is 3.52. The number of ether oxygens (including phenoxy) is 1. The van der Waals surface area contributed by atoms with Crippen molar-refractivity contribution in [1.29, 1.82) is 0 Å². The normalized spacial score (nSPS) is 26.3. The van der Waals surface area contributed by atoms with Crippen LogP contribution < -0.4 is 10.1 Å². The lowest BCUT2D eigenvalue weighted by molar-refractivity contribution is 0.126. The van der Waals surface area contributed by atoms with Gasteiger partial charge in [-0.1, -0.05) is 25.1 Å². The predicted molar refractivity (Wildman–Crippen MR) is 73.1 cm³/mol. The van der Waals surface area contributed by atoms with Crippen LogP contribution in [0.25, 0.3) is 0 Å². The van der Waals surface area contributed by atoms with Crippen molar-refractivity contribution in [3.63, 3.8) is 0 Å². The monoisotopic (exact) mass is 246 g/mol. The molecule has 1 saturated heterocycles. The van der Waals surface area contributed by atoms with E-state index in [1.54, 1.807) is 0 Å². The first-order valence-electron chi connectivity index (χ1n) is 7.06. The van der Waals surface area contributed by atoms with E-state index in [4.69, 9.17) is 4.74 Å². The summed E-state index contributed by atoms with van der Waals surface area (Å²) in [7, 11) is 0. The van der Waals surface area contributed by atoms with Crippen LogP contribution in [0.2, 0.25) is 0 Å². The molecule has 2 heterocycles. The summed E-state index contributed by atoms with van der Waals surface area (Å²) in [6.45, 7) is 6.71. The van der Waals surface area contributed by atoms with Gasteiger partial charge in [-0.3, -0.25) is 4.90 Å². The minimum absolute atomic E-state index is 0.336. The molecule has 2 atom stereocenters. The topological polar surface area (TPSA) is 24.5 Å². The molecule has 1 N–H and O–H groups in total. The molecule has 98 valence electrons. The van der Waals surface area contributed by atoms with E-state index in [0.29, 0.717) is 12.1 Å². The number of nitrogens with one attached hydrogen (secondary N) is 1. The van der Waals surface area contributed by atoms with E-state index in [2.05, 4.69) is 41.4 Å². The first kappa shape index (κ1) is 12.0. The highest BCUT2D eigenvalue weighted by molar-refractivity contribution is 5.37. The Hall–Kier alpha value is -1.06. The van der Waals surface area contributed by atoms with Gasteiger partial charge in [-0.05, 0) is 31.1 Å². The van der Waals surface area contributed by atoms with Crippen LogP contribution in [0.1, 0.15) is 18.9 Å². The lowest BCUT2D eigenvalue weighted by atomic mass is 10.1. The second-order valence-electron chi connectivity index (χ2n) is 5.29. The maximum Gasteiger partial charge on any atom is 0.123 e. The number of para-hydroxylation sites is 1. The third-order valence-corrected chi connectivity index (χ3v) is 4.11. The summed E-state index contributed by atoms with van der Waals surface area (Å²) in [6.07, 6.45) is 2.67. The van der Waals surface area contributed by atoms with Crippen LogP contribution in [0, 0.1) is 0 Å². The average Bonchev–Trinajstić information content (AvgIpc) is 3.04. The first-order chi connectivity index (χ1) is 8.86. The molecule has 0 bridgehead atoms. The largest absolute Gasteiger partial charge is 0.488 e. The number of rotatable bonds is 4. The van der Waals surface area contributed by atoms with Crippen molar-refractivity contribution in [2.24, 2.45) is 0 Å². The fourth-order valence-corrected chi connectivity index (χ4v) is 3.10. The van der Waals surface area contributed by atoms with Gasteiger partial charge in [-0.25, -0.2) is 0 Å². The molecule has 1 fully saturated rings. The SMILES string of the molecule is CCN(CC1Cc2ccccc2O1)C1CCNC1. The summed E-state index contributed by atoms with van der Waals surface area (Å²) in [5.74, 6) is 1.09. The standard InChI is InChI=1S/C15H22N2O/c1-2-17(13-7-8-16-10-13)11-14-9-12-5-3-4-6-15(12)18-14/h3-6,13-14,16H,2,7-11H2,1H3. The molecule has 0 aromatic heterocycles. The van der Waals surface area contributed by atoms with Crippen LogP contribution in [0.4, 0.5) is 0 Å². The van der Waals surface area contributed by atoms with E-state index in [9.17, 15) is 0 Å². The number of benzene rings is 1. The van der Waals surface area contributed by atoms with Crippen molar-refractivity contribution in [3.05, 3.63) is 29.8 Å². The Morgan fingerprint density at radius 3 is 3.00 bits per heavy atom. The summed E-state index contributed by atoms with van der Waals surface area (Å²) in [6, 6.07) is 9.12. The highest BCUT2D eigenvalue weighted by Crippen LogP contribution is 2.28. The van der Waals surface area contributed by atoms with Crippen molar-refractivity contribution >= 4 is 0 Å². The third kappa shape index (κ3) is 2.38. The smallest absolute Gasteiger partial charge is 0.123 e. The molecule has 1 aromatic carbocycles. The Morgan fingerprint density at radius 1 is 1.39 bits per heavy atom. The van der Waals surface area contributed by atoms with Gasteiger partial charge < -0.3 is 10.1 Å². The minimum atomic E-state index is 0.336. The van der Waals surface area contributed by atoms with Gasteiger partial charge in [0.1, 0.15) is 11.9 Å². The Balaban J connectivity index is 1.60. The minimum Gasteiger partial charge on any atom is -0.488 e. The summed E-state index contributed by atoms with van der Waals surface area (Å²) in [5.41, 5.74) is 1.36. The van der Waals surface area contributed by atoms with Crippen molar-refractivity contribution in [2.45, 2.75) is 31.9 Å². The Bertz CT molecular complexity index is 376. The molecule has 0 saturated carbocycles. The Labute approximate surface area is 109 Å². The number of hydrogen-bond donors (Lipinski definition) is 1. The molecule has 0 amide bonds. The average molecular weight is 246 g/mol. The van der Waals surface area contributed by atoms with Crippen LogP contribution in [-0.4, -0.2) is 43.2 Å². The number of fused-ring (bicyclic) bond motifs is 1. The molecule has 3 heteroatoms. The molecular formula is C15H22N2O. The summed E-state index contributed by atoms with van der Waals surface area (Å²) in [4.78, 5) is 2.57. The molecule has 2 unspecified atom stereocenters. The summed E-state index contributed by atoms with van der Waals surface area (Å²) < 4.78 is 6.04. The number of nitrogens with zero attached hydrogens (tertiary/aromatic N) is 1. The van der Waals surface area contributed by atoms with Gasteiger partial charge in [0.2, 0.25) is 0 Å². The van der Waals surface area contributed by atoms with E-state index in [1.807, 2.05) is 0 Å². The van der Waals surface area contributed by atoms with Crippen molar-refractivity contribution in [3.8, 4) is 5.75 Å². The lowest BCUT2D eigenvalue weighted by Gasteiger charge is -2.29. The van der Waals surface area contributed by atoms with Crippen LogP contribution in [-0.2, 0) is 6.42 Å². The van der Waals surface area contributed by atoms with Gasteiger partial charge in [0, 0.05) is 25.6 Å². The molecule has 18 heavy (non-hydrogen) atoms. The van der Waals surface area contributed by atoms with Crippen molar-refractivity contribution in [2.75, 3.05) is 26.2 Å². The van der Waals surface area contributed by atoms with Crippen LogP contribution in [0.3, 0.4) is 0 Å². The summed E-state index contributed by atoms with van der Waals surface area (Å²) >= 11 is 0. The zero-order valence-corrected chi connectivity index (χ0v) is 11.1. The van der Waals surface area contributed by atoms with Crippen LogP contribution in [0.15, 0.2) is 24.3 Å². The van der Waals surface area contributed by atoms with Crippen LogP contribution >= 0.6 is 0 Å². The fraction of sp³-hybridized carbons (Fsp3) is 0.600. The summed E-state index contributed by atoms with van der Waals surface area (Å²) in [5, 5.41) is 3.45. The fourth-order valence-electron chi connectivity index (χ4n) is 3.10. The second-order valence-corrected chi connectivity index (χ2v) is 5.29. The van der Waals surface area contributed by atoms with E-state index in [1.165, 1.54) is 12.0 Å². The molecule has 2 aliphatic heterocycles. The van der Waals surface area contributed by atoms with E-state index in [0.717, 1.165) is 38.3 Å². The molecule has 3 rings (SSSR count). The first-order valence-corrected chi connectivity index (χ1v) is 7.06. The van der Waals surface area contributed by atoms with Gasteiger partial charge >= 0.3 is 0 Å². The molecule has 0 radical (unpaired) electrons. The molecule has 1 aromatic rings. The Morgan fingerprint density at radius 2 is 2.28 bits per heavy atom. The quantitative estimate of drug-likeness (QED) is 0.874.